The third-order valence-corrected chi connectivity index (χ3v) is 5.30. The highest BCUT2D eigenvalue weighted by Crippen LogP contribution is 2.37. The second kappa shape index (κ2) is 8.43. The van der Waals surface area contributed by atoms with Crippen LogP contribution in [0.1, 0.15) is 0 Å². The molecule has 2 aliphatic rings. The number of carbonyl (C=O) groups is 2. The van der Waals surface area contributed by atoms with Gasteiger partial charge >= 0.3 is 19.9 Å². The summed E-state index contributed by atoms with van der Waals surface area (Å²) in [6.45, 7) is 0.0980. The van der Waals surface area contributed by atoms with Gasteiger partial charge in [0.25, 0.3) is 0 Å². The SMILES string of the molecule is O=C1O[C@@H](COP(=O)(O)O)CN1c1cc(F)c(-c2ccc(N3CCNC3=O)nc2)c(F)c1. The molecule has 2 fully saturated rings. The van der Waals surface area contributed by atoms with Gasteiger partial charge in [-0.3, -0.25) is 14.3 Å². The molecule has 32 heavy (non-hydrogen) atoms. The average Bonchev–Trinajstić information content (AvgIpc) is 3.31. The van der Waals surface area contributed by atoms with Crippen molar-refractivity contribution in [1.29, 1.82) is 0 Å². The van der Waals surface area contributed by atoms with Crippen LogP contribution in [0.3, 0.4) is 0 Å². The molecule has 2 aliphatic heterocycles. The molecule has 0 radical (unpaired) electrons. The zero-order valence-corrected chi connectivity index (χ0v) is 17.2. The number of nitrogens with zero attached hydrogens (tertiary/aromatic N) is 3. The molecule has 170 valence electrons. The van der Waals surface area contributed by atoms with E-state index in [1.807, 2.05) is 0 Å². The number of nitrogens with one attached hydrogen (secondary N) is 1. The number of phosphoric ester groups is 1. The van der Waals surface area contributed by atoms with Gasteiger partial charge in [-0.2, -0.15) is 0 Å². The van der Waals surface area contributed by atoms with E-state index >= 15 is 0 Å². The average molecular weight is 470 g/mol. The molecule has 2 saturated heterocycles. The summed E-state index contributed by atoms with van der Waals surface area (Å²) in [5.41, 5.74) is -0.370. The molecule has 0 unspecified atom stereocenters. The molecule has 0 spiro atoms. The Morgan fingerprint density at radius 1 is 1.22 bits per heavy atom. The molecule has 3 heterocycles. The van der Waals surface area contributed by atoms with E-state index in [1.165, 1.54) is 23.2 Å². The summed E-state index contributed by atoms with van der Waals surface area (Å²) in [5.74, 6) is -1.59. The lowest BCUT2D eigenvalue weighted by Gasteiger charge is -2.16. The van der Waals surface area contributed by atoms with Crippen molar-refractivity contribution in [3.8, 4) is 11.1 Å². The van der Waals surface area contributed by atoms with Gasteiger partial charge in [-0.25, -0.2) is 27.9 Å². The first-order valence-corrected chi connectivity index (χ1v) is 10.8. The molecule has 0 bridgehead atoms. The number of phosphoric acid groups is 1. The third kappa shape index (κ3) is 4.55. The van der Waals surface area contributed by atoms with Crippen molar-refractivity contribution < 1.29 is 42.0 Å². The lowest BCUT2D eigenvalue weighted by molar-refractivity contribution is 0.0880. The molecular formula is C18H17F2N4O7P. The summed E-state index contributed by atoms with van der Waals surface area (Å²) in [6, 6.07) is 4.46. The standard InChI is InChI=1S/C18H17F2N4O7P/c19-13-5-11(24-8-12(31-18(24)26)9-30-32(27,28)29)6-14(20)16(13)10-1-2-15(22-7-10)23-4-3-21-17(23)25/h1-2,5-7,12H,3-4,8-9H2,(H,21,25)(H2,27,28,29)/t12-/m1/s1. The van der Waals surface area contributed by atoms with E-state index in [0.29, 0.717) is 18.9 Å². The molecule has 2 aromatic rings. The molecule has 4 rings (SSSR count). The van der Waals surface area contributed by atoms with Crippen LogP contribution in [0.2, 0.25) is 0 Å². The fourth-order valence-electron chi connectivity index (χ4n) is 3.37. The van der Waals surface area contributed by atoms with Crippen molar-refractivity contribution in [3.05, 3.63) is 42.1 Å². The zero-order chi connectivity index (χ0) is 23.0. The Labute approximate surface area is 179 Å². The van der Waals surface area contributed by atoms with Crippen LogP contribution in [-0.4, -0.2) is 59.2 Å². The number of anilines is 2. The highest BCUT2D eigenvalue weighted by atomic mass is 31.2. The Morgan fingerprint density at radius 3 is 2.50 bits per heavy atom. The van der Waals surface area contributed by atoms with Crippen LogP contribution in [0.4, 0.5) is 29.9 Å². The van der Waals surface area contributed by atoms with Gasteiger partial charge in [-0.15, -0.1) is 0 Å². The Kier molecular flexibility index (Phi) is 5.82. The fourth-order valence-corrected chi connectivity index (χ4v) is 3.74. The Hall–Kier alpha value is -3.12. The number of urea groups is 1. The summed E-state index contributed by atoms with van der Waals surface area (Å²) in [5, 5.41) is 2.63. The largest absolute Gasteiger partial charge is 0.469 e. The van der Waals surface area contributed by atoms with Gasteiger partial charge in [-0.1, -0.05) is 0 Å². The van der Waals surface area contributed by atoms with E-state index < -0.39 is 38.3 Å². The Morgan fingerprint density at radius 2 is 1.94 bits per heavy atom. The second-order valence-corrected chi connectivity index (χ2v) is 8.22. The van der Waals surface area contributed by atoms with Crippen LogP contribution in [0, 0.1) is 11.6 Å². The van der Waals surface area contributed by atoms with E-state index in [1.54, 1.807) is 0 Å². The van der Waals surface area contributed by atoms with Gasteiger partial charge < -0.3 is 19.8 Å². The summed E-state index contributed by atoms with van der Waals surface area (Å²) >= 11 is 0. The number of rotatable bonds is 6. The minimum atomic E-state index is -4.76. The highest BCUT2D eigenvalue weighted by Gasteiger charge is 2.35. The minimum Gasteiger partial charge on any atom is -0.441 e. The first kappa shape index (κ1) is 22.1. The van der Waals surface area contributed by atoms with Crippen molar-refractivity contribution >= 4 is 31.5 Å². The maximum absolute atomic E-state index is 14.8. The second-order valence-electron chi connectivity index (χ2n) is 6.98. The predicted octanol–water partition coefficient (Wildman–Crippen LogP) is 1.99. The number of aromatic nitrogens is 1. The van der Waals surface area contributed by atoms with Crippen LogP contribution in [0.15, 0.2) is 30.5 Å². The number of benzene rings is 1. The summed E-state index contributed by atoms with van der Waals surface area (Å²) in [7, 11) is -4.76. The van der Waals surface area contributed by atoms with Crippen LogP contribution in [-0.2, 0) is 13.8 Å². The fraction of sp³-hybridized carbons (Fsp3) is 0.278. The molecule has 0 saturated carbocycles. The molecule has 0 aliphatic carbocycles. The van der Waals surface area contributed by atoms with E-state index in [2.05, 4.69) is 14.8 Å². The Bertz CT molecular complexity index is 1090. The number of amides is 3. The number of pyridine rings is 1. The predicted molar refractivity (Wildman–Crippen MR) is 106 cm³/mol. The summed E-state index contributed by atoms with van der Waals surface area (Å²) < 4.78 is 49.6. The van der Waals surface area contributed by atoms with Gasteiger partial charge in [0.05, 0.1) is 24.4 Å². The number of ether oxygens (including phenoxy) is 1. The number of halogens is 2. The van der Waals surface area contributed by atoms with Crippen molar-refractivity contribution in [2.45, 2.75) is 6.10 Å². The molecule has 1 aromatic carbocycles. The third-order valence-electron chi connectivity index (χ3n) is 4.81. The van der Waals surface area contributed by atoms with E-state index in [0.717, 1.165) is 17.0 Å². The number of hydrogen-bond acceptors (Lipinski definition) is 6. The van der Waals surface area contributed by atoms with Crippen LogP contribution < -0.4 is 15.1 Å². The molecule has 1 aromatic heterocycles. The van der Waals surface area contributed by atoms with Gasteiger partial charge in [0.1, 0.15) is 23.6 Å². The zero-order valence-electron chi connectivity index (χ0n) is 16.3. The van der Waals surface area contributed by atoms with Gasteiger partial charge in [0.2, 0.25) is 0 Å². The van der Waals surface area contributed by atoms with Crippen molar-refractivity contribution in [3.63, 3.8) is 0 Å². The summed E-state index contributed by atoms with van der Waals surface area (Å²) in [4.78, 5) is 47.6. The van der Waals surface area contributed by atoms with Gasteiger partial charge in [0.15, 0.2) is 0 Å². The van der Waals surface area contributed by atoms with Crippen molar-refractivity contribution in [1.82, 2.24) is 10.3 Å². The number of cyclic esters (lactones) is 1. The first-order chi connectivity index (χ1) is 15.1. The maximum Gasteiger partial charge on any atom is 0.469 e. The molecule has 3 amide bonds. The molecule has 1 atom stereocenters. The van der Waals surface area contributed by atoms with E-state index in [-0.39, 0.29) is 29.4 Å². The van der Waals surface area contributed by atoms with Crippen LogP contribution in [0.25, 0.3) is 11.1 Å². The molecule has 14 heteroatoms. The first-order valence-electron chi connectivity index (χ1n) is 9.31. The van der Waals surface area contributed by atoms with Crippen molar-refractivity contribution in [2.24, 2.45) is 0 Å². The minimum absolute atomic E-state index is 0.131. The van der Waals surface area contributed by atoms with Gasteiger partial charge in [-0.05, 0) is 24.3 Å². The van der Waals surface area contributed by atoms with Crippen LogP contribution in [0.5, 0.6) is 0 Å². The number of carbonyl (C=O) groups excluding carboxylic acids is 2. The van der Waals surface area contributed by atoms with E-state index in [9.17, 15) is 22.9 Å². The summed E-state index contributed by atoms with van der Waals surface area (Å²) in [6.07, 6.45) is -0.729. The smallest absolute Gasteiger partial charge is 0.441 e. The van der Waals surface area contributed by atoms with Crippen LogP contribution >= 0.6 is 7.82 Å². The Balaban J connectivity index is 1.53. The lowest BCUT2D eigenvalue weighted by atomic mass is 10.1. The maximum atomic E-state index is 14.8. The monoisotopic (exact) mass is 470 g/mol. The molecule has 3 N–H and O–H groups in total. The normalized spacial score (nSPS) is 18.8. The number of hydrogen-bond donors (Lipinski definition) is 3. The molecule has 11 nitrogen and oxygen atoms in total. The quantitative estimate of drug-likeness (QED) is 0.545. The lowest BCUT2D eigenvalue weighted by Crippen LogP contribution is -2.28. The van der Waals surface area contributed by atoms with Crippen molar-refractivity contribution in [2.75, 3.05) is 36.0 Å². The van der Waals surface area contributed by atoms with E-state index in [4.69, 9.17) is 14.5 Å². The topological polar surface area (TPSA) is 142 Å². The van der Waals surface area contributed by atoms with Gasteiger partial charge in [0, 0.05) is 24.8 Å². The molecular weight excluding hydrogens is 453 g/mol. The highest BCUT2D eigenvalue weighted by molar-refractivity contribution is 7.46.